The van der Waals surface area contributed by atoms with Crippen molar-refractivity contribution in [3.63, 3.8) is 0 Å². The molecule has 0 aliphatic heterocycles. The topological polar surface area (TPSA) is 52.6 Å². The van der Waals surface area contributed by atoms with Gasteiger partial charge in [-0.1, -0.05) is 119 Å². The van der Waals surface area contributed by atoms with Crippen molar-refractivity contribution in [3.8, 4) is 11.5 Å². The van der Waals surface area contributed by atoms with E-state index in [0.29, 0.717) is 34.8 Å². The minimum absolute atomic E-state index is 0.106. The number of hydrogen-bond donors (Lipinski definition) is 0. The molecule has 6 heteroatoms. The monoisotopic (exact) mass is 714 g/mol. The summed E-state index contributed by atoms with van der Waals surface area (Å²) in [7, 11) is 0. The molecule has 0 amide bonds. The van der Waals surface area contributed by atoms with Crippen LogP contribution in [0.2, 0.25) is 0 Å². The summed E-state index contributed by atoms with van der Waals surface area (Å²) in [5.41, 5.74) is 4.27. The van der Waals surface area contributed by atoms with E-state index < -0.39 is 0 Å². The summed E-state index contributed by atoms with van der Waals surface area (Å²) in [6.07, 6.45) is 8.21. The maximum Gasteiger partial charge on any atom is 0.195 e. The van der Waals surface area contributed by atoms with E-state index in [1.165, 1.54) is 54.8 Å². The molecular weight excluding hydrogens is 669 g/mol. The molecule has 0 fully saturated rings. The normalized spacial score (nSPS) is 12.7. The molecular formula is C45H46O4S2. The van der Waals surface area contributed by atoms with E-state index in [9.17, 15) is 9.59 Å². The number of carbonyl (C=O) groups is 2. The molecule has 1 aliphatic rings. The Bertz CT molecular complexity index is 1930. The van der Waals surface area contributed by atoms with Gasteiger partial charge in [-0.05, 0) is 97.0 Å². The van der Waals surface area contributed by atoms with Gasteiger partial charge in [0.05, 0.1) is 6.61 Å². The van der Waals surface area contributed by atoms with Crippen LogP contribution in [0.4, 0.5) is 0 Å². The van der Waals surface area contributed by atoms with Gasteiger partial charge in [0, 0.05) is 41.8 Å². The number of unbranched alkanes of at least 4 members (excludes halogenated alkanes) is 2. The van der Waals surface area contributed by atoms with Gasteiger partial charge in [-0.25, -0.2) is 0 Å². The Kier molecular flexibility index (Phi) is 12.7. The fraction of sp³-hybridized carbons (Fsp3) is 0.289. The van der Waals surface area contributed by atoms with E-state index in [1.807, 2.05) is 60.7 Å². The second-order valence-corrected chi connectivity index (χ2v) is 15.3. The third-order valence-electron chi connectivity index (χ3n) is 9.38. The highest BCUT2D eigenvalue weighted by Crippen LogP contribution is 2.41. The SMILES string of the molecule is CCCCc1ccc(Sc2cccc3c2C(=O)c2cccc(Sc4ccc(OCc5ccc(OCC(CC)CCCC)cc5)cc4)c2C3=O)cc1. The first-order valence-corrected chi connectivity index (χ1v) is 19.8. The lowest BCUT2D eigenvalue weighted by Crippen LogP contribution is -2.22. The third-order valence-corrected chi connectivity index (χ3v) is 11.5. The van der Waals surface area contributed by atoms with Gasteiger partial charge in [0.25, 0.3) is 0 Å². The highest BCUT2D eigenvalue weighted by atomic mass is 32.2. The lowest BCUT2D eigenvalue weighted by Gasteiger charge is -2.22. The molecule has 0 N–H and O–H groups in total. The van der Waals surface area contributed by atoms with Crippen molar-refractivity contribution in [2.45, 2.75) is 91.9 Å². The summed E-state index contributed by atoms with van der Waals surface area (Å²) in [4.78, 5) is 31.6. The smallest absolute Gasteiger partial charge is 0.195 e. The van der Waals surface area contributed by atoms with E-state index in [1.54, 1.807) is 12.1 Å². The van der Waals surface area contributed by atoms with Crippen LogP contribution in [0.3, 0.4) is 0 Å². The third kappa shape index (κ3) is 9.16. The minimum atomic E-state index is -0.113. The van der Waals surface area contributed by atoms with Crippen molar-refractivity contribution in [1.82, 2.24) is 0 Å². The van der Waals surface area contributed by atoms with Crippen molar-refractivity contribution < 1.29 is 19.1 Å². The van der Waals surface area contributed by atoms with E-state index in [2.05, 4.69) is 57.2 Å². The Morgan fingerprint density at radius 3 is 1.63 bits per heavy atom. The van der Waals surface area contributed by atoms with Crippen LogP contribution in [0.1, 0.15) is 102 Å². The van der Waals surface area contributed by atoms with Crippen LogP contribution < -0.4 is 9.47 Å². The first-order valence-electron chi connectivity index (χ1n) is 18.2. The largest absolute Gasteiger partial charge is 0.493 e. The number of aryl methyl sites for hydroxylation is 1. The highest BCUT2D eigenvalue weighted by molar-refractivity contribution is 7.99. The molecule has 0 aromatic heterocycles. The first kappa shape index (κ1) is 36.5. The molecule has 6 rings (SSSR count). The van der Waals surface area contributed by atoms with Gasteiger partial charge in [-0.2, -0.15) is 0 Å². The fourth-order valence-corrected chi connectivity index (χ4v) is 8.23. The summed E-state index contributed by atoms with van der Waals surface area (Å²) in [5, 5.41) is 0. The number of fused-ring (bicyclic) bond motifs is 2. The van der Waals surface area contributed by atoms with Gasteiger partial charge >= 0.3 is 0 Å². The highest BCUT2D eigenvalue weighted by Gasteiger charge is 2.33. The van der Waals surface area contributed by atoms with Gasteiger partial charge in [0.15, 0.2) is 11.6 Å². The van der Waals surface area contributed by atoms with Crippen molar-refractivity contribution in [2.24, 2.45) is 5.92 Å². The Hall–Kier alpha value is -4.26. The number of ether oxygens (including phenoxy) is 2. The van der Waals surface area contributed by atoms with Crippen molar-refractivity contribution in [1.29, 1.82) is 0 Å². The minimum Gasteiger partial charge on any atom is -0.493 e. The number of benzene rings is 5. The van der Waals surface area contributed by atoms with Crippen LogP contribution in [0.15, 0.2) is 129 Å². The molecule has 262 valence electrons. The Labute approximate surface area is 311 Å². The predicted molar refractivity (Wildman–Crippen MR) is 209 cm³/mol. The summed E-state index contributed by atoms with van der Waals surface area (Å²) < 4.78 is 12.1. The number of carbonyl (C=O) groups excluding carboxylic acids is 2. The zero-order chi connectivity index (χ0) is 35.6. The molecule has 5 aromatic carbocycles. The quantitative estimate of drug-likeness (QED) is 0.0937. The Balaban J connectivity index is 1.09. The molecule has 0 saturated heterocycles. The van der Waals surface area contributed by atoms with E-state index in [0.717, 1.165) is 62.5 Å². The van der Waals surface area contributed by atoms with Gasteiger partial charge in [-0.3, -0.25) is 9.59 Å². The van der Waals surface area contributed by atoms with Crippen molar-refractivity contribution in [3.05, 3.63) is 143 Å². The standard InChI is InChI=1S/C45H46O4S2/c1-4-7-11-31(6-3)29-48-34-21-17-33(18-22-34)30-49-35-23-27-37(28-24-35)51-41-16-10-14-39-43(41)45(47)38-13-9-15-40(42(38)44(39)46)50-36-25-19-32(20-26-36)12-8-5-2/h9-10,13-28,31H,4-8,11-12,29-30H2,1-3H3. The molecule has 1 atom stereocenters. The van der Waals surface area contributed by atoms with Crippen LogP contribution in [0, 0.1) is 5.92 Å². The van der Waals surface area contributed by atoms with Gasteiger partial charge in [0.2, 0.25) is 0 Å². The molecule has 0 bridgehead atoms. The predicted octanol–water partition coefficient (Wildman–Crippen LogP) is 12.3. The Morgan fingerprint density at radius 1 is 0.569 bits per heavy atom. The van der Waals surface area contributed by atoms with Gasteiger partial charge in [0.1, 0.15) is 18.1 Å². The van der Waals surface area contributed by atoms with Crippen LogP contribution in [0.5, 0.6) is 11.5 Å². The molecule has 4 nitrogen and oxygen atoms in total. The lowest BCUT2D eigenvalue weighted by molar-refractivity contribution is 0.0974. The average Bonchev–Trinajstić information content (AvgIpc) is 3.17. The molecule has 1 unspecified atom stereocenters. The molecule has 0 saturated carbocycles. The summed E-state index contributed by atoms with van der Waals surface area (Å²) in [6.45, 7) is 7.87. The van der Waals surface area contributed by atoms with E-state index >= 15 is 0 Å². The second kappa shape index (κ2) is 17.8. The van der Waals surface area contributed by atoms with Crippen LogP contribution in [-0.4, -0.2) is 18.2 Å². The first-order chi connectivity index (χ1) is 25.0. The maximum atomic E-state index is 14.0. The lowest BCUT2D eigenvalue weighted by atomic mass is 9.84. The molecule has 0 spiro atoms. The summed E-state index contributed by atoms with van der Waals surface area (Å²) in [5.74, 6) is 2.03. The Morgan fingerprint density at radius 2 is 1.08 bits per heavy atom. The maximum absolute atomic E-state index is 14.0. The van der Waals surface area contributed by atoms with Crippen LogP contribution in [-0.2, 0) is 13.0 Å². The van der Waals surface area contributed by atoms with Crippen LogP contribution in [0.25, 0.3) is 0 Å². The van der Waals surface area contributed by atoms with Gasteiger partial charge < -0.3 is 9.47 Å². The summed E-state index contributed by atoms with van der Waals surface area (Å²) in [6, 6.07) is 35.7. The fourth-order valence-electron chi connectivity index (χ4n) is 6.27. The molecule has 1 aliphatic carbocycles. The molecule has 0 radical (unpaired) electrons. The number of hydrogen-bond acceptors (Lipinski definition) is 6. The molecule has 51 heavy (non-hydrogen) atoms. The van der Waals surface area contributed by atoms with Crippen LogP contribution >= 0.6 is 23.5 Å². The second-order valence-electron chi connectivity index (χ2n) is 13.1. The van der Waals surface area contributed by atoms with E-state index in [4.69, 9.17) is 9.47 Å². The zero-order valence-corrected chi connectivity index (χ0v) is 31.4. The van der Waals surface area contributed by atoms with Crippen molar-refractivity contribution in [2.75, 3.05) is 6.61 Å². The average molecular weight is 715 g/mol. The molecule has 0 heterocycles. The number of rotatable bonds is 17. The van der Waals surface area contributed by atoms with E-state index in [-0.39, 0.29) is 11.6 Å². The van der Waals surface area contributed by atoms with Crippen molar-refractivity contribution >= 4 is 35.1 Å². The zero-order valence-electron chi connectivity index (χ0n) is 29.8. The molecule has 5 aromatic rings. The number of ketones is 2. The van der Waals surface area contributed by atoms with Gasteiger partial charge in [-0.15, -0.1) is 0 Å². The summed E-state index contributed by atoms with van der Waals surface area (Å²) >= 11 is 3.02.